The minimum absolute atomic E-state index is 0.0694. The van der Waals surface area contributed by atoms with Crippen molar-refractivity contribution in [3.8, 4) is 0 Å². The van der Waals surface area contributed by atoms with Gasteiger partial charge in [0.1, 0.15) is 17.3 Å². The summed E-state index contributed by atoms with van der Waals surface area (Å²) in [5, 5.41) is 6.07. The summed E-state index contributed by atoms with van der Waals surface area (Å²) in [6, 6.07) is 7.00. The number of hydrogen-bond acceptors (Lipinski definition) is 5. The third kappa shape index (κ3) is 4.63. The van der Waals surface area contributed by atoms with Gasteiger partial charge < -0.3 is 15.4 Å². The first kappa shape index (κ1) is 20.2. The van der Waals surface area contributed by atoms with Crippen molar-refractivity contribution in [2.75, 3.05) is 13.7 Å². The highest BCUT2D eigenvalue weighted by Crippen LogP contribution is 2.23. The normalized spacial score (nSPS) is 19.0. The SMILES string of the molecule is CCN[C@@H]1CC[C@H](OC)Cn2c1nc(C(=O)NCc1ccc(F)cc1)cc2=O. The first-order chi connectivity index (χ1) is 13.5. The van der Waals surface area contributed by atoms with E-state index in [9.17, 15) is 14.0 Å². The molecule has 1 amide bonds. The van der Waals surface area contributed by atoms with Gasteiger partial charge in [-0.15, -0.1) is 0 Å². The molecule has 2 atom stereocenters. The fourth-order valence-corrected chi connectivity index (χ4v) is 3.37. The Hall–Kier alpha value is -2.58. The molecule has 0 aliphatic carbocycles. The van der Waals surface area contributed by atoms with Crippen molar-refractivity contribution in [2.24, 2.45) is 0 Å². The van der Waals surface area contributed by atoms with Gasteiger partial charge in [-0.25, -0.2) is 9.37 Å². The molecule has 0 spiro atoms. The van der Waals surface area contributed by atoms with Crippen LogP contribution < -0.4 is 16.2 Å². The molecule has 150 valence electrons. The Morgan fingerprint density at radius 3 is 2.75 bits per heavy atom. The quantitative estimate of drug-likeness (QED) is 0.788. The Bertz CT molecular complexity index is 882. The van der Waals surface area contributed by atoms with E-state index >= 15 is 0 Å². The number of amides is 1. The van der Waals surface area contributed by atoms with Gasteiger partial charge in [0.2, 0.25) is 0 Å². The average Bonchev–Trinajstić information content (AvgIpc) is 2.87. The van der Waals surface area contributed by atoms with Crippen LogP contribution >= 0.6 is 0 Å². The van der Waals surface area contributed by atoms with Crippen LogP contribution in [0.25, 0.3) is 0 Å². The molecule has 1 aromatic heterocycles. The summed E-state index contributed by atoms with van der Waals surface area (Å²) in [7, 11) is 1.63. The monoisotopic (exact) mass is 388 g/mol. The van der Waals surface area contributed by atoms with Crippen LogP contribution in [-0.4, -0.2) is 35.2 Å². The molecule has 2 heterocycles. The van der Waals surface area contributed by atoms with Gasteiger partial charge >= 0.3 is 0 Å². The Labute approximate surface area is 162 Å². The number of aromatic nitrogens is 2. The molecule has 1 aliphatic rings. The molecule has 1 aromatic carbocycles. The summed E-state index contributed by atoms with van der Waals surface area (Å²) in [5.41, 5.74) is 0.565. The third-order valence-corrected chi connectivity index (χ3v) is 4.90. The fraction of sp³-hybridized carbons (Fsp3) is 0.450. The van der Waals surface area contributed by atoms with E-state index in [2.05, 4.69) is 15.6 Å². The Morgan fingerprint density at radius 1 is 1.32 bits per heavy atom. The molecule has 0 unspecified atom stereocenters. The van der Waals surface area contributed by atoms with Crippen molar-refractivity contribution in [2.45, 2.75) is 45.0 Å². The van der Waals surface area contributed by atoms with E-state index in [1.165, 1.54) is 18.2 Å². The molecule has 0 bridgehead atoms. The molecule has 0 fully saturated rings. The molecular formula is C20H25FN4O3. The zero-order chi connectivity index (χ0) is 20.1. The molecule has 0 saturated carbocycles. The molecule has 2 N–H and O–H groups in total. The van der Waals surface area contributed by atoms with Gasteiger partial charge in [-0.2, -0.15) is 0 Å². The zero-order valence-electron chi connectivity index (χ0n) is 16.1. The lowest BCUT2D eigenvalue weighted by Gasteiger charge is -2.18. The van der Waals surface area contributed by atoms with Crippen molar-refractivity contribution in [3.05, 3.63) is 63.6 Å². The molecule has 7 nitrogen and oxygen atoms in total. The first-order valence-electron chi connectivity index (χ1n) is 9.42. The van der Waals surface area contributed by atoms with Crippen LogP contribution in [0.3, 0.4) is 0 Å². The molecule has 0 saturated heterocycles. The second-order valence-corrected chi connectivity index (χ2v) is 6.80. The number of carbonyl (C=O) groups excluding carboxylic acids is 1. The van der Waals surface area contributed by atoms with Gasteiger partial charge in [0.25, 0.3) is 11.5 Å². The molecule has 0 radical (unpaired) electrons. The maximum atomic E-state index is 13.0. The summed E-state index contributed by atoms with van der Waals surface area (Å²) in [6.45, 7) is 3.35. The number of hydrogen-bond donors (Lipinski definition) is 2. The predicted molar refractivity (Wildman–Crippen MR) is 103 cm³/mol. The van der Waals surface area contributed by atoms with E-state index in [0.29, 0.717) is 12.4 Å². The van der Waals surface area contributed by atoms with E-state index in [-0.39, 0.29) is 35.8 Å². The van der Waals surface area contributed by atoms with Crippen LogP contribution in [0.1, 0.15) is 47.7 Å². The van der Waals surface area contributed by atoms with Crippen molar-refractivity contribution in [1.82, 2.24) is 20.2 Å². The Kier molecular flexibility index (Phi) is 6.53. The number of methoxy groups -OCH3 is 1. The molecule has 8 heteroatoms. The Morgan fingerprint density at radius 2 is 2.07 bits per heavy atom. The lowest BCUT2D eigenvalue weighted by molar-refractivity contribution is 0.0809. The molecule has 3 rings (SSSR count). The van der Waals surface area contributed by atoms with E-state index in [4.69, 9.17) is 4.74 Å². The van der Waals surface area contributed by atoms with Crippen molar-refractivity contribution < 1.29 is 13.9 Å². The number of ether oxygens (including phenoxy) is 1. The summed E-state index contributed by atoms with van der Waals surface area (Å²) >= 11 is 0. The van der Waals surface area contributed by atoms with Gasteiger partial charge in [0, 0.05) is 19.7 Å². The number of halogens is 1. The second kappa shape index (κ2) is 9.07. The predicted octanol–water partition coefficient (Wildman–Crippen LogP) is 1.77. The van der Waals surface area contributed by atoms with E-state index < -0.39 is 5.91 Å². The maximum absolute atomic E-state index is 13.0. The molecular weight excluding hydrogens is 363 g/mol. The molecule has 2 aromatic rings. The van der Waals surface area contributed by atoms with E-state index in [0.717, 1.165) is 24.9 Å². The summed E-state index contributed by atoms with van der Waals surface area (Å²) in [5.74, 6) is -0.215. The standard InChI is InChI=1S/C20H25FN4O3/c1-3-22-16-9-8-15(28-2)12-25-18(26)10-17(24-19(16)25)20(27)23-11-13-4-6-14(21)7-5-13/h4-7,10,15-16,22H,3,8-9,11-12H2,1-2H3,(H,23,27)/t15-,16+/m0/s1. The lowest BCUT2D eigenvalue weighted by Crippen LogP contribution is -2.35. The van der Waals surface area contributed by atoms with Gasteiger partial charge in [-0.3, -0.25) is 14.2 Å². The topological polar surface area (TPSA) is 85.2 Å². The number of benzene rings is 1. The number of nitrogens with one attached hydrogen (secondary N) is 2. The smallest absolute Gasteiger partial charge is 0.270 e. The fourth-order valence-electron chi connectivity index (χ4n) is 3.37. The van der Waals surface area contributed by atoms with Crippen molar-refractivity contribution in [1.29, 1.82) is 0 Å². The Balaban J connectivity index is 1.84. The highest BCUT2D eigenvalue weighted by atomic mass is 19.1. The number of fused-ring (bicyclic) bond motifs is 1. The van der Waals surface area contributed by atoms with E-state index in [1.54, 1.807) is 23.8 Å². The van der Waals surface area contributed by atoms with Crippen LogP contribution in [-0.2, 0) is 17.8 Å². The van der Waals surface area contributed by atoms with Crippen LogP contribution in [0.15, 0.2) is 35.1 Å². The highest BCUT2D eigenvalue weighted by Gasteiger charge is 2.26. The van der Waals surface area contributed by atoms with Crippen LogP contribution in [0.2, 0.25) is 0 Å². The summed E-state index contributed by atoms with van der Waals surface area (Å²) < 4.78 is 20.0. The number of rotatable bonds is 6. The van der Waals surface area contributed by atoms with Crippen molar-refractivity contribution in [3.63, 3.8) is 0 Å². The highest BCUT2D eigenvalue weighted by molar-refractivity contribution is 5.92. The number of nitrogens with zero attached hydrogens (tertiary/aromatic N) is 2. The summed E-state index contributed by atoms with van der Waals surface area (Å²) in [6.07, 6.45) is 1.49. The average molecular weight is 388 g/mol. The largest absolute Gasteiger partial charge is 0.380 e. The minimum Gasteiger partial charge on any atom is -0.380 e. The minimum atomic E-state index is -0.437. The van der Waals surface area contributed by atoms with Crippen LogP contribution in [0, 0.1) is 5.82 Å². The van der Waals surface area contributed by atoms with Crippen molar-refractivity contribution >= 4 is 5.91 Å². The van der Waals surface area contributed by atoms with Gasteiger partial charge in [-0.05, 0) is 37.1 Å². The first-order valence-corrected chi connectivity index (χ1v) is 9.42. The van der Waals surface area contributed by atoms with Gasteiger partial charge in [0.05, 0.1) is 18.7 Å². The zero-order valence-corrected chi connectivity index (χ0v) is 16.1. The second-order valence-electron chi connectivity index (χ2n) is 6.80. The summed E-state index contributed by atoms with van der Waals surface area (Å²) in [4.78, 5) is 29.7. The van der Waals surface area contributed by atoms with Crippen LogP contribution in [0.4, 0.5) is 4.39 Å². The van der Waals surface area contributed by atoms with Crippen LogP contribution in [0.5, 0.6) is 0 Å². The van der Waals surface area contributed by atoms with E-state index in [1.807, 2.05) is 6.92 Å². The molecule has 28 heavy (non-hydrogen) atoms. The maximum Gasteiger partial charge on any atom is 0.270 e. The number of carbonyl (C=O) groups is 1. The van der Waals surface area contributed by atoms with Gasteiger partial charge in [0.15, 0.2) is 0 Å². The van der Waals surface area contributed by atoms with Gasteiger partial charge in [-0.1, -0.05) is 19.1 Å². The lowest BCUT2D eigenvalue weighted by atomic mass is 10.1. The molecule has 1 aliphatic heterocycles. The third-order valence-electron chi connectivity index (χ3n) is 4.90.